The van der Waals surface area contributed by atoms with E-state index in [0.717, 1.165) is 19.4 Å². The minimum atomic E-state index is -0.781. The summed E-state index contributed by atoms with van der Waals surface area (Å²) in [6.45, 7) is 18.9. The van der Waals surface area contributed by atoms with Crippen molar-refractivity contribution < 1.29 is 4.74 Å². The first-order chi connectivity index (χ1) is 13.8. The Balaban J connectivity index is 1.69. The predicted molar refractivity (Wildman–Crippen MR) is 133 cm³/mol. The number of halogens is 1. The standard InChI is InChI=1S/C26H41ClNOP/c1-23(2,3)28-25(7,8)26(30(28)27)19-20(21-16-12-13-17-22(21)26)15-11-9-10-14-18-29-24(4,5)6/h12-13,16-17,19H,9-11,14-15,18H2,1-8H3. The first-order valence-electron chi connectivity index (χ1n) is 11.5. The molecule has 3 rings (SSSR count). The molecule has 2 unspecified atom stereocenters. The maximum Gasteiger partial charge on any atom is 0.0805 e. The monoisotopic (exact) mass is 449 g/mol. The molecule has 2 nitrogen and oxygen atoms in total. The van der Waals surface area contributed by atoms with Crippen LogP contribution in [0.1, 0.15) is 98.6 Å². The van der Waals surface area contributed by atoms with Crippen molar-refractivity contribution in [2.24, 2.45) is 0 Å². The fourth-order valence-electron chi connectivity index (χ4n) is 5.34. The van der Waals surface area contributed by atoms with Gasteiger partial charge in [-0.1, -0.05) is 54.4 Å². The van der Waals surface area contributed by atoms with Crippen molar-refractivity contribution >= 4 is 24.2 Å². The largest absolute Gasteiger partial charge is 0.376 e. The first kappa shape index (κ1) is 24.2. The van der Waals surface area contributed by atoms with E-state index >= 15 is 0 Å². The second-order valence-corrected chi connectivity index (χ2v) is 14.0. The van der Waals surface area contributed by atoms with E-state index in [9.17, 15) is 0 Å². The number of unbranched alkanes of at least 4 members (excludes halogenated alkanes) is 3. The molecule has 1 aliphatic heterocycles. The van der Waals surface area contributed by atoms with Gasteiger partial charge >= 0.3 is 0 Å². The minimum Gasteiger partial charge on any atom is -0.376 e. The van der Waals surface area contributed by atoms with E-state index in [-0.39, 0.29) is 21.8 Å². The van der Waals surface area contributed by atoms with Crippen molar-refractivity contribution in [3.05, 3.63) is 41.5 Å². The average molecular weight is 450 g/mol. The van der Waals surface area contributed by atoms with Gasteiger partial charge in [0, 0.05) is 17.7 Å². The van der Waals surface area contributed by atoms with Crippen LogP contribution in [0, 0.1) is 0 Å². The summed E-state index contributed by atoms with van der Waals surface area (Å²) in [4.78, 5) is 0. The number of nitrogens with zero attached hydrogens (tertiary/aromatic N) is 1. The van der Waals surface area contributed by atoms with Gasteiger partial charge in [-0.15, -0.1) is 0 Å². The zero-order valence-electron chi connectivity index (χ0n) is 20.3. The summed E-state index contributed by atoms with van der Waals surface area (Å²) < 4.78 is 8.39. The topological polar surface area (TPSA) is 12.5 Å². The van der Waals surface area contributed by atoms with Crippen LogP contribution < -0.4 is 0 Å². The van der Waals surface area contributed by atoms with Crippen LogP contribution in [-0.2, 0) is 9.89 Å². The number of allylic oxidation sites excluding steroid dienone is 1. The van der Waals surface area contributed by atoms with Crippen molar-refractivity contribution in [3.63, 3.8) is 0 Å². The molecule has 30 heavy (non-hydrogen) atoms. The molecule has 1 aromatic rings. The number of benzene rings is 1. The lowest BCUT2D eigenvalue weighted by molar-refractivity contribution is -0.00473. The SMILES string of the molecule is CC(C)(C)OCCCCCCC1=CC2(c3ccccc31)P(Cl)N(C(C)(C)C)C2(C)C. The van der Waals surface area contributed by atoms with E-state index in [0.29, 0.717) is 0 Å². The molecule has 1 saturated heterocycles. The molecular formula is C26H41ClNOP. The van der Waals surface area contributed by atoms with Crippen LogP contribution in [0.5, 0.6) is 0 Å². The highest BCUT2D eigenvalue weighted by molar-refractivity contribution is 7.84. The third-order valence-corrected chi connectivity index (χ3v) is 10.7. The van der Waals surface area contributed by atoms with E-state index < -0.39 is 7.43 Å². The molecule has 0 N–H and O–H groups in total. The Hall–Kier alpha value is -0.400. The third-order valence-electron chi connectivity index (χ3n) is 6.51. The third kappa shape index (κ3) is 4.27. The van der Waals surface area contributed by atoms with Gasteiger partial charge in [0.05, 0.1) is 18.2 Å². The van der Waals surface area contributed by atoms with Crippen molar-refractivity contribution in [3.8, 4) is 0 Å². The van der Waals surface area contributed by atoms with Gasteiger partial charge in [-0.2, -0.15) is 0 Å². The molecule has 4 heteroatoms. The van der Waals surface area contributed by atoms with Crippen LogP contribution in [0.3, 0.4) is 0 Å². The fourth-order valence-corrected chi connectivity index (χ4v) is 10.1. The summed E-state index contributed by atoms with van der Waals surface area (Å²) in [5, 5.41) is -0.0381. The number of hydrogen-bond acceptors (Lipinski definition) is 2. The zero-order valence-corrected chi connectivity index (χ0v) is 22.0. The average Bonchev–Trinajstić information content (AvgIpc) is 2.96. The van der Waals surface area contributed by atoms with Gasteiger partial charge in [0.25, 0.3) is 0 Å². The van der Waals surface area contributed by atoms with Gasteiger partial charge in [-0.05, 0) is 91.4 Å². The molecule has 1 aromatic carbocycles. The molecule has 1 aliphatic carbocycles. The highest BCUT2D eigenvalue weighted by Gasteiger charge is 2.69. The maximum absolute atomic E-state index is 7.23. The molecule has 0 aromatic heterocycles. The second-order valence-electron chi connectivity index (χ2n) is 11.4. The Bertz CT molecular complexity index is 789. The first-order valence-corrected chi connectivity index (χ1v) is 13.7. The Morgan fingerprint density at radius 1 is 0.967 bits per heavy atom. The van der Waals surface area contributed by atoms with E-state index in [1.54, 1.807) is 0 Å². The molecule has 0 radical (unpaired) electrons. The fraction of sp³-hybridized carbons (Fsp3) is 0.692. The van der Waals surface area contributed by atoms with E-state index in [1.807, 2.05) is 0 Å². The summed E-state index contributed by atoms with van der Waals surface area (Å²) in [7, 11) is -0.781. The van der Waals surface area contributed by atoms with Gasteiger partial charge in [0.1, 0.15) is 0 Å². The van der Waals surface area contributed by atoms with Crippen LogP contribution in [0.2, 0.25) is 0 Å². The van der Waals surface area contributed by atoms with Gasteiger partial charge in [0.2, 0.25) is 0 Å². The molecule has 1 heterocycles. The smallest absolute Gasteiger partial charge is 0.0805 e. The lowest BCUT2D eigenvalue weighted by Gasteiger charge is -2.69. The highest BCUT2D eigenvalue weighted by atomic mass is 35.7. The van der Waals surface area contributed by atoms with Crippen LogP contribution in [0.15, 0.2) is 30.3 Å². The summed E-state index contributed by atoms with van der Waals surface area (Å²) in [5.41, 5.74) is 4.45. The van der Waals surface area contributed by atoms with Crippen molar-refractivity contribution in [1.29, 1.82) is 0 Å². The Morgan fingerprint density at radius 2 is 1.60 bits per heavy atom. The molecule has 1 spiro atoms. The summed E-state index contributed by atoms with van der Waals surface area (Å²) in [6, 6.07) is 8.99. The Morgan fingerprint density at radius 3 is 2.20 bits per heavy atom. The molecule has 168 valence electrons. The lowest BCUT2D eigenvalue weighted by atomic mass is 9.79. The number of ether oxygens (including phenoxy) is 1. The molecule has 2 atom stereocenters. The van der Waals surface area contributed by atoms with Gasteiger partial charge in [0.15, 0.2) is 0 Å². The summed E-state index contributed by atoms with van der Waals surface area (Å²) in [6.07, 6.45) is 8.58. The number of hydrogen-bond donors (Lipinski definition) is 0. The van der Waals surface area contributed by atoms with Gasteiger partial charge in [-0.3, -0.25) is 4.67 Å². The molecular weight excluding hydrogens is 409 g/mol. The minimum absolute atomic E-state index is 0.0147. The lowest BCUT2D eigenvalue weighted by Crippen LogP contribution is -2.69. The molecule has 1 fully saturated rings. The van der Waals surface area contributed by atoms with Crippen LogP contribution >= 0.6 is 18.7 Å². The number of rotatable bonds is 7. The van der Waals surface area contributed by atoms with Gasteiger partial charge < -0.3 is 4.74 Å². The van der Waals surface area contributed by atoms with Crippen molar-refractivity contribution in [2.75, 3.05) is 6.61 Å². The molecule has 0 bridgehead atoms. The van der Waals surface area contributed by atoms with Gasteiger partial charge in [-0.25, -0.2) is 0 Å². The second kappa shape index (κ2) is 8.51. The van der Waals surface area contributed by atoms with E-state index in [4.69, 9.17) is 16.0 Å². The van der Waals surface area contributed by atoms with Crippen LogP contribution in [0.25, 0.3) is 5.57 Å². The molecule has 0 saturated carbocycles. The quantitative estimate of drug-likeness (QED) is 0.305. The van der Waals surface area contributed by atoms with E-state index in [1.165, 1.54) is 36.0 Å². The highest BCUT2D eigenvalue weighted by Crippen LogP contribution is 2.83. The summed E-state index contributed by atoms with van der Waals surface area (Å²) in [5.74, 6) is 0. The van der Waals surface area contributed by atoms with Crippen LogP contribution in [0.4, 0.5) is 0 Å². The maximum atomic E-state index is 7.23. The van der Waals surface area contributed by atoms with Crippen molar-refractivity contribution in [2.45, 2.75) is 109 Å². The summed E-state index contributed by atoms with van der Waals surface area (Å²) >= 11 is 7.23. The molecule has 0 amide bonds. The van der Waals surface area contributed by atoms with E-state index in [2.05, 4.69) is 90.4 Å². The van der Waals surface area contributed by atoms with Crippen molar-refractivity contribution in [1.82, 2.24) is 4.67 Å². The van der Waals surface area contributed by atoms with Crippen LogP contribution in [-0.4, -0.2) is 28.0 Å². The predicted octanol–water partition coefficient (Wildman–Crippen LogP) is 8.49. The number of fused-ring (bicyclic) bond motifs is 2. The Labute approximate surface area is 191 Å². The molecule has 2 aliphatic rings. The zero-order chi connectivity index (χ0) is 22.4. The normalized spacial score (nSPS) is 25.9. The Kier molecular flexibility index (Phi) is 6.88.